The van der Waals surface area contributed by atoms with E-state index in [1.54, 1.807) is 41.1 Å². The first-order chi connectivity index (χ1) is 16.4. The fourth-order valence-electron chi connectivity index (χ4n) is 4.41. The van der Waals surface area contributed by atoms with Gasteiger partial charge in [-0.25, -0.2) is 9.07 Å². The molecule has 1 aliphatic heterocycles. The third-order valence-electron chi connectivity index (χ3n) is 6.11. The molecule has 0 saturated carbocycles. The van der Waals surface area contributed by atoms with Crippen molar-refractivity contribution in [3.63, 3.8) is 0 Å². The Morgan fingerprint density at radius 3 is 2.32 bits per heavy atom. The van der Waals surface area contributed by atoms with Crippen LogP contribution in [0.1, 0.15) is 38.7 Å². The highest BCUT2D eigenvalue weighted by atomic mass is 19.1. The van der Waals surface area contributed by atoms with Gasteiger partial charge in [0.2, 0.25) is 5.91 Å². The van der Waals surface area contributed by atoms with Crippen molar-refractivity contribution < 1.29 is 14.0 Å². The molecule has 0 radical (unpaired) electrons. The lowest BCUT2D eigenvalue weighted by Crippen LogP contribution is -2.50. The van der Waals surface area contributed by atoms with Crippen LogP contribution in [0.3, 0.4) is 0 Å². The van der Waals surface area contributed by atoms with Crippen molar-refractivity contribution in [2.45, 2.75) is 25.8 Å². The Bertz CT molecular complexity index is 1360. The Morgan fingerprint density at radius 1 is 0.971 bits per heavy atom. The van der Waals surface area contributed by atoms with Crippen LogP contribution in [0.4, 0.5) is 10.2 Å². The van der Waals surface area contributed by atoms with E-state index in [1.807, 2.05) is 44.2 Å². The van der Waals surface area contributed by atoms with E-state index in [2.05, 4.69) is 10.6 Å². The lowest BCUT2D eigenvalue weighted by Gasteiger charge is -2.32. The highest BCUT2D eigenvalue weighted by Gasteiger charge is 2.41. The number of halogens is 1. The monoisotopic (exact) mass is 454 g/mol. The van der Waals surface area contributed by atoms with E-state index in [1.165, 1.54) is 12.1 Å². The van der Waals surface area contributed by atoms with Crippen LogP contribution in [0, 0.1) is 19.7 Å². The molecule has 7 heteroatoms. The number of hydrogen-bond donors (Lipinski definition) is 2. The number of anilines is 1. The van der Waals surface area contributed by atoms with E-state index in [0.717, 1.165) is 16.8 Å². The summed E-state index contributed by atoms with van der Waals surface area (Å²) < 4.78 is 15.4. The van der Waals surface area contributed by atoms with Crippen molar-refractivity contribution >= 4 is 17.6 Å². The quantitative estimate of drug-likeness (QED) is 0.476. The lowest BCUT2D eigenvalue weighted by molar-refractivity contribution is -0.118. The average molecular weight is 455 g/mol. The topological polar surface area (TPSA) is 76.0 Å². The van der Waals surface area contributed by atoms with Gasteiger partial charge in [-0.05, 0) is 55.8 Å². The van der Waals surface area contributed by atoms with Gasteiger partial charge in [-0.2, -0.15) is 5.10 Å². The molecule has 170 valence electrons. The number of nitrogens with one attached hydrogen (secondary N) is 2. The third kappa shape index (κ3) is 3.85. The zero-order valence-electron chi connectivity index (χ0n) is 18.7. The van der Waals surface area contributed by atoms with Crippen molar-refractivity contribution in [2.75, 3.05) is 5.32 Å². The first-order valence-electron chi connectivity index (χ1n) is 11.0. The summed E-state index contributed by atoms with van der Waals surface area (Å²) in [7, 11) is 0. The van der Waals surface area contributed by atoms with Crippen molar-refractivity contribution in [1.29, 1.82) is 0 Å². The molecular weight excluding hydrogens is 431 g/mol. The number of rotatable bonds is 4. The van der Waals surface area contributed by atoms with Gasteiger partial charge in [0.05, 0.1) is 11.4 Å². The van der Waals surface area contributed by atoms with Crippen molar-refractivity contribution in [3.8, 4) is 5.69 Å². The van der Waals surface area contributed by atoms with E-state index in [4.69, 9.17) is 5.10 Å². The van der Waals surface area contributed by atoms with Gasteiger partial charge in [0, 0.05) is 17.0 Å². The molecule has 2 amide bonds. The molecule has 0 fully saturated rings. The molecule has 4 aromatic rings. The Balaban J connectivity index is 1.62. The number of carbonyl (C=O) groups excluding carboxylic acids is 2. The maximum atomic E-state index is 13.7. The Morgan fingerprint density at radius 2 is 1.65 bits per heavy atom. The number of benzene rings is 3. The normalized spacial score (nSPS) is 17.1. The van der Waals surface area contributed by atoms with Crippen LogP contribution in [-0.2, 0) is 4.79 Å². The van der Waals surface area contributed by atoms with Crippen molar-refractivity contribution in [3.05, 3.63) is 113 Å². The Hall–Kier alpha value is -4.26. The van der Waals surface area contributed by atoms with E-state index < -0.39 is 12.0 Å². The van der Waals surface area contributed by atoms with Gasteiger partial charge < -0.3 is 10.6 Å². The molecule has 3 aromatic carbocycles. The number of nitrogens with zero attached hydrogens (tertiary/aromatic N) is 2. The highest BCUT2D eigenvalue weighted by molar-refractivity contribution is 6.04. The summed E-state index contributed by atoms with van der Waals surface area (Å²) in [4.78, 5) is 26.4. The molecule has 1 aliphatic rings. The fraction of sp³-hybridized carbons (Fsp3) is 0.148. The molecule has 0 unspecified atom stereocenters. The molecule has 34 heavy (non-hydrogen) atoms. The molecule has 0 spiro atoms. The number of aromatic nitrogens is 2. The molecule has 5 rings (SSSR count). The number of hydrogen-bond acceptors (Lipinski definition) is 3. The summed E-state index contributed by atoms with van der Waals surface area (Å²) in [6.07, 6.45) is 0. The molecular formula is C27H23FN4O2. The molecule has 2 heterocycles. The van der Waals surface area contributed by atoms with E-state index in [-0.39, 0.29) is 17.6 Å². The van der Waals surface area contributed by atoms with E-state index >= 15 is 0 Å². The number of aryl methyl sites for hydroxylation is 2. The van der Waals surface area contributed by atoms with Crippen LogP contribution >= 0.6 is 0 Å². The second kappa shape index (κ2) is 8.59. The fourth-order valence-corrected chi connectivity index (χ4v) is 4.41. The lowest BCUT2D eigenvalue weighted by atomic mass is 9.82. The van der Waals surface area contributed by atoms with Crippen molar-refractivity contribution in [2.24, 2.45) is 0 Å². The predicted molar refractivity (Wildman–Crippen MR) is 128 cm³/mol. The summed E-state index contributed by atoms with van der Waals surface area (Å²) in [6, 6.07) is 21.7. The van der Waals surface area contributed by atoms with Crippen LogP contribution in [0.5, 0.6) is 0 Å². The van der Waals surface area contributed by atoms with Gasteiger partial charge in [0.1, 0.15) is 17.7 Å². The van der Waals surface area contributed by atoms with E-state index in [0.29, 0.717) is 22.6 Å². The number of amides is 2. The maximum absolute atomic E-state index is 13.7. The number of fused-ring (bicyclic) bond motifs is 1. The van der Waals surface area contributed by atoms with Crippen LogP contribution < -0.4 is 10.6 Å². The summed E-state index contributed by atoms with van der Waals surface area (Å²) in [6.45, 7) is 3.87. The Labute approximate surface area is 196 Å². The van der Waals surface area contributed by atoms with E-state index in [9.17, 15) is 14.0 Å². The summed E-state index contributed by atoms with van der Waals surface area (Å²) >= 11 is 0. The molecule has 2 atom stereocenters. The third-order valence-corrected chi connectivity index (χ3v) is 6.11. The summed E-state index contributed by atoms with van der Waals surface area (Å²) in [5.74, 6) is -1.09. The standard InChI is InChI=1S/C27H23FN4O2/c1-16-8-14-21(15-9-16)32-25-22(17(2)31-32)23(18-10-12-20(28)13-11-18)24(27(34)30-25)29-26(33)19-6-4-3-5-7-19/h3-15,23-24H,1-2H3,(H,29,33)(H,30,34)/t23-,24-/m0/s1. The molecule has 1 aromatic heterocycles. The van der Waals surface area contributed by atoms with Gasteiger partial charge in [-0.15, -0.1) is 0 Å². The summed E-state index contributed by atoms with van der Waals surface area (Å²) in [5.41, 5.74) is 4.57. The van der Waals surface area contributed by atoms with Gasteiger partial charge in [-0.3, -0.25) is 9.59 Å². The molecule has 0 saturated heterocycles. The van der Waals surface area contributed by atoms with Gasteiger partial charge in [0.15, 0.2) is 0 Å². The molecule has 2 N–H and O–H groups in total. The van der Waals surface area contributed by atoms with Gasteiger partial charge >= 0.3 is 0 Å². The van der Waals surface area contributed by atoms with Crippen LogP contribution in [0.15, 0.2) is 78.9 Å². The minimum atomic E-state index is -0.903. The first-order valence-corrected chi connectivity index (χ1v) is 11.0. The predicted octanol–water partition coefficient (Wildman–Crippen LogP) is 4.51. The van der Waals surface area contributed by atoms with Crippen LogP contribution in [0.25, 0.3) is 5.69 Å². The second-order valence-corrected chi connectivity index (χ2v) is 8.43. The van der Waals surface area contributed by atoms with Gasteiger partial charge in [0.25, 0.3) is 5.91 Å². The van der Waals surface area contributed by atoms with Crippen molar-refractivity contribution in [1.82, 2.24) is 15.1 Å². The smallest absolute Gasteiger partial charge is 0.251 e. The number of carbonyl (C=O) groups is 2. The molecule has 0 bridgehead atoms. The molecule has 6 nitrogen and oxygen atoms in total. The first kappa shape index (κ1) is 21.6. The second-order valence-electron chi connectivity index (χ2n) is 8.43. The minimum absolute atomic E-state index is 0.361. The minimum Gasteiger partial charge on any atom is -0.339 e. The molecule has 0 aliphatic carbocycles. The van der Waals surface area contributed by atoms with Gasteiger partial charge in [-0.1, -0.05) is 48.0 Å². The summed E-state index contributed by atoms with van der Waals surface area (Å²) in [5, 5.41) is 10.6. The largest absolute Gasteiger partial charge is 0.339 e. The maximum Gasteiger partial charge on any atom is 0.251 e. The SMILES string of the molecule is Cc1ccc(-n2nc(C)c3c2NC(=O)[C@@H](NC(=O)c2ccccc2)[C@H]3c2ccc(F)cc2)cc1. The Kier molecular flexibility index (Phi) is 5.45. The average Bonchev–Trinajstić information content (AvgIpc) is 3.17. The zero-order chi connectivity index (χ0) is 23.8. The zero-order valence-corrected chi connectivity index (χ0v) is 18.7. The van der Waals surface area contributed by atoms with Crippen LogP contribution in [0.2, 0.25) is 0 Å². The van der Waals surface area contributed by atoms with Crippen LogP contribution in [-0.4, -0.2) is 27.6 Å². The highest BCUT2D eigenvalue weighted by Crippen LogP contribution is 2.40.